The van der Waals surface area contributed by atoms with Crippen LogP contribution in [0.1, 0.15) is 65.7 Å². The Bertz CT molecular complexity index is 998. The molecule has 0 spiro atoms. The van der Waals surface area contributed by atoms with Crippen LogP contribution in [0.25, 0.3) is 12.2 Å². The van der Waals surface area contributed by atoms with Crippen molar-refractivity contribution in [2.24, 2.45) is 17.8 Å². The van der Waals surface area contributed by atoms with Gasteiger partial charge in [0, 0.05) is 5.69 Å². The van der Waals surface area contributed by atoms with E-state index in [2.05, 4.69) is 61.3 Å². The summed E-state index contributed by atoms with van der Waals surface area (Å²) in [5, 5.41) is 9.21. The van der Waals surface area contributed by atoms with E-state index in [9.17, 15) is 5.26 Å². The van der Waals surface area contributed by atoms with Crippen LogP contribution in [0.4, 0.5) is 0 Å². The second-order valence-electron chi connectivity index (χ2n) is 8.79. The zero-order valence-electron chi connectivity index (χ0n) is 16.1. The number of aryl methyl sites for hydroxylation is 1. The van der Waals surface area contributed by atoms with Gasteiger partial charge in [0.25, 0.3) is 0 Å². The number of benzene rings is 1. The Kier molecular flexibility index (Phi) is 3.86. The molecular weight excluding hydrogens is 328 g/mol. The fourth-order valence-corrected chi connectivity index (χ4v) is 5.81. The van der Waals surface area contributed by atoms with Crippen molar-refractivity contribution in [2.45, 2.75) is 45.4 Å². The minimum atomic E-state index is 0.591. The van der Waals surface area contributed by atoms with Gasteiger partial charge in [-0.15, -0.1) is 0 Å². The molecule has 3 aliphatic rings. The standard InChI is InChI=1S/C25H26N2/c1-15-4-3-5-23-18-9-17(6-7-22(15)23)10-19(11-18)24-13-25-20(8-16(24)2)12-21(14-26)27-25/h3-8,12,17-19,24,27H,9-11,13H2,1-2H3. The Morgan fingerprint density at radius 1 is 1.15 bits per heavy atom. The lowest BCUT2D eigenvalue weighted by atomic mass is 9.65. The predicted molar refractivity (Wildman–Crippen MR) is 110 cm³/mol. The summed E-state index contributed by atoms with van der Waals surface area (Å²) >= 11 is 0. The van der Waals surface area contributed by atoms with Crippen LogP contribution < -0.4 is 0 Å². The van der Waals surface area contributed by atoms with Crippen LogP contribution in [0.5, 0.6) is 0 Å². The monoisotopic (exact) mass is 354 g/mol. The van der Waals surface area contributed by atoms with Gasteiger partial charge in [0.2, 0.25) is 0 Å². The Morgan fingerprint density at radius 3 is 2.89 bits per heavy atom. The highest BCUT2D eigenvalue weighted by atomic mass is 14.7. The molecule has 2 bridgehead atoms. The largest absolute Gasteiger partial charge is 0.350 e. The molecule has 1 saturated carbocycles. The van der Waals surface area contributed by atoms with Gasteiger partial charge in [-0.1, -0.05) is 42.0 Å². The van der Waals surface area contributed by atoms with Gasteiger partial charge in [0.05, 0.1) is 0 Å². The van der Waals surface area contributed by atoms with Crippen LogP contribution in [0.15, 0.2) is 35.9 Å². The number of nitriles is 1. The van der Waals surface area contributed by atoms with Crippen LogP contribution in [0.3, 0.4) is 0 Å². The van der Waals surface area contributed by atoms with Crippen molar-refractivity contribution in [3.63, 3.8) is 0 Å². The zero-order valence-corrected chi connectivity index (χ0v) is 16.1. The molecule has 1 N–H and O–H groups in total. The van der Waals surface area contributed by atoms with E-state index in [-0.39, 0.29) is 0 Å². The predicted octanol–water partition coefficient (Wildman–Crippen LogP) is 6.00. The van der Waals surface area contributed by atoms with Crippen LogP contribution in [0, 0.1) is 36.0 Å². The molecule has 1 aromatic carbocycles. The second kappa shape index (κ2) is 6.27. The summed E-state index contributed by atoms with van der Waals surface area (Å²) in [4.78, 5) is 3.34. The summed E-state index contributed by atoms with van der Waals surface area (Å²) in [5.74, 6) is 2.66. The van der Waals surface area contributed by atoms with Gasteiger partial charge in [-0.2, -0.15) is 5.26 Å². The van der Waals surface area contributed by atoms with Crippen molar-refractivity contribution in [2.75, 3.05) is 0 Å². The summed E-state index contributed by atoms with van der Waals surface area (Å²) < 4.78 is 0. The maximum atomic E-state index is 9.21. The van der Waals surface area contributed by atoms with E-state index in [1.165, 1.54) is 47.2 Å². The Morgan fingerprint density at radius 2 is 2.04 bits per heavy atom. The number of aromatic amines is 1. The first kappa shape index (κ1) is 16.6. The molecule has 0 aliphatic heterocycles. The van der Waals surface area contributed by atoms with E-state index in [1.807, 2.05) is 6.07 Å². The Hall–Kier alpha value is -2.53. The van der Waals surface area contributed by atoms with Crippen molar-refractivity contribution in [3.8, 4) is 6.07 Å². The topological polar surface area (TPSA) is 39.6 Å². The van der Waals surface area contributed by atoms with Crippen LogP contribution in [0.2, 0.25) is 0 Å². The average Bonchev–Trinajstić information content (AvgIpc) is 3.02. The quantitative estimate of drug-likeness (QED) is 0.670. The van der Waals surface area contributed by atoms with Crippen LogP contribution >= 0.6 is 0 Å². The number of nitrogens with zero attached hydrogens (tertiary/aromatic N) is 1. The van der Waals surface area contributed by atoms with Crippen LogP contribution in [-0.4, -0.2) is 4.98 Å². The lowest BCUT2D eigenvalue weighted by Crippen LogP contribution is -2.29. The van der Waals surface area contributed by atoms with Crippen LogP contribution in [-0.2, 0) is 6.42 Å². The van der Waals surface area contributed by atoms with Gasteiger partial charge in [-0.25, -0.2) is 0 Å². The summed E-state index contributed by atoms with van der Waals surface area (Å²) in [5.41, 5.74) is 9.08. The number of hydrogen-bond acceptors (Lipinski definition) is 1. The molecule has 0 amide bonds. The third-order valence-corrected chi connectivity index (χ3v) is 7.13. The fourth-order valence-electron chi connectivity index (χ4n) is 5.81. The normalized spacial score (nSPS) is 28.6. The molecule has 0 radical (unpaired) electrons. The summed E-state index contributed by atoms with van der Waals surface area (Å²) in [7, 11) is 0. The molecule has 0 saturated heterocycles. The first-order valence-corrected chi connectivity index (χ1v) is 10.2. The molecule has 3 aliphatic carbocycles. The minimum Gasteiger partial charge on any atom is -0.350 e. The molecule has 2 heteroatoms. The number of nitrogens with one attached hydrogen (secondary N) is 1. The molecule has 2 aromatic rings. The van der Waals surface area contributed by atoms with Crippen molar-refractivity contribution >= 4 is 12.2 Å². The number of hydrogen-bond donors (Lipinski definition) is 1. The van der Waals surface area contributed by atoms with Crippen molar-refractivity contribution < 1.29 is 0 Å². The number of fused-ring (bicyclic) bond motifs is 5. The third-order valence-electron chi connectivity index (χ3n) is 7.13. The van der Waals surface area contributed by atoms with Gasteiger partial charge in [0.15, 0.2) is 0 Å². The van der Waals surface area contributed by atoms with Gasteiger partial charge in [-0.05, 0) is 91.5 Å². The highest BCUT2D eigenvalue weighted by Crippen LogP contribution is 2.49. The van der Waals surface area contributed by atoms with E-state index >= 15 is 0 Å². The van der Waals surface area contributed by atoms with Gasteiger partial charge in [0.1, 0.15) is 11.8 Å². The smallest absolute Gasteiger partial charge is 0.118 e. The number of aromatic nitrogens is 1. The molecular formula is C25H26N2. The SMILES string of the molecule is CC1=Cc2cc(C#N)[nH]c2CC1C1CC2C=Cc3c(C)cccc3C(C2)C1. The molecule has 4 unspecified atom stereocenters. The average molecular weight is 354 g/mol. The molecule has 4 atom stereocenters. The van der Waals surface area contributed by atoms with Gasteiger partial charge >= 0.3 is 0 Å². The lowest BCUT2D eigenvalue weighted by Gasteiger charge is -2.39. The van der Waals surface area contributed by atoms with Crippen molar-refractivity contribution in [1.82, 2.24) is 4.98 Å². The summed E-state index contributed by atoms with van der Waals surface area (Å²) in [6.07, 6.45) is 12.1. The Balaban J connectivity index is 1.46. The van der Waals surface area contributed by atoms with Crippen molar-refractivity contribution in [1.29, 1.82) is 5.26 Å². The second-order valence-corrected chi connectivity index (χ2v) is 8.79. The third kappa shape index (κ3) is 2.77. The maximum Gasteiger partial charge on any atom is 0.118 e. The molecule has 27 heavy (non-hydrogen) atoms. The molecule has 136 valence electrons. The van der Waals surface area contributed by atoms with E-state index in [0.717, 1.165) is 6.42 Å². The van der Waals surface area contributed by atoms with E-state index in [4.69, 9.17) is 0 Å². The van der Waals surface area contributed by atoms with Gasteiger partial charge in [-0.3, -0.25) is 0 Å². The molecule has 5 rings (SSSR count). The number of rotatable bonds is 1. The summed E-state index contributed by atoms with van der Waals surface area (Å²) in [6, 6.07) is 11.1. The zero-order chi connectivity index (χ0) is 18.5. The number of allylic oxidation sites excluding steroid dienone is 2. The highest BCUT2D eigenvalue weighted by molar-refractivity contribution is 5.62. The Labute approximate surface area is 161 Å². The maximum absolute atomic E-state index is 9.21. The number of H-pyrrole nitrogens is 1. The molecule has 1 heterocycles. The fraction of sp³-hybridized carbons (Fsp3) is 0.400. The lowest BCUT2D eigenvalue weighted by molar-refractivity contribution is 0.216. The molecule has 1 aromatic heterocycles. The first-order chi connectivity index (χ1) is 13.1. The highest BCUT2D eigenvalue weighted by Gasteiger charge is 2.37. The first-order valence-electron chi connectivity index (χ1n) is 10.2. The van der Waals surface area contributed by atoms with Crippen molar-refractivity contribution in [3.05, 3.63) is 69.6 Å². The van der Waals surface area contributed by atoms with E-state index in [1.54, 1.807) is 5.56 Å². The summed E-state index contributed by atoms with van der Waals surface area (Å²) in [6.45, 7) is 4.53. The van der Waals surface area contributed by atoms with Gasteiger partial charge < -0.3 is 4.98 Å². The molecule has 1 fully saturated rings. The van der Waals surface area contributed by atoms with E-state index in [0.29, 0.717) is 29.4 Å². The molecule has 2 nitrogen and oxygen atoms in total. The minimum absolute atomic E-state index is 0.591. The van der Waals surface area contributed by atoms with E-state index < -0.39 is 0 Å².